The molecule has 0 amide bonds. The first-order valence-corrected chi connectivity index (χ1v) is 6.28. The number of rotatable bonds is 4. The molecule has 1 unspecified atom stereocenters. The van der Waals surface area contributed by atoms with Crippen LogP contribution in [0.5, 0.6) is 0 Å². The Balaban J connectivity index is 2.17. The van der Waals surface area contributed by atoms with Crippen LogP contribution in [0.3, 0.4) is 0 Å². The molecule has 0 aliphatic heterocycles. The Kier molecular flexibility index (Phi) is 3.93. The first kappa shape index (κ1) is 11.9. The summed E-state index contributed by atoms with van der Waals surface area (Å²) in [6.07, 6.45) is 4.63. The highest BCUT2D eigenvalue weighted by molar-refractivity contribution is 5.88. The number of hydrogen-bond acceptors (Lipinski definition) is 2. The smallest absolute Gasteiger partial charge is 0.144 e. The monoisotopic (exact) mass is 227 g/mol. The first-order chi connectivity index (χ1) is 8.33. The van der Waals surface area contributed by atoms with Crippen molar-refractivity contribution in [1.82, 2.24) is 0 Å². The van der Waals surface area contributed by atoms with Crippen molar-refractivity contribution in [1.29, 1.82) is 5.26 Å². The van der Waals surface area contributed by atoms with Crippen molar-refractivity contribution in [3.8, 4) is 6.07 Å². The zero-order valence-electron chi connectivity index (χ0n) is 9.93. The van der Waals surface area contributed by atoms with Crippen molar-refractivity contribution in [2.24, 2.45) is 5.92 Å². The average molecular weight is 227 g/mol. The molecule has 17 heavy (non-hydrogen) atoms. The molecule has 88 valence electrons. The number of Topliss-reactive ketones (excluding diaryl/α,β-unsaturated/α-hetero) is 1. The van der Waals surface area contributed by atoms with Gasteiger partial charge in [-0.1, -0.05) is 43.2 Å². The Morgan fingerprint density at radius 1 is 1.29 bits per heavy atom. The van der Waals surface area contributed by atoms with Crippen LogP contribution in [0.2, 0.25) is 0 Å². The number of carbonyl (C=O) groups is 1. The highest BCUT2D eigenvalue weighted by atomic mass is 16.1. The van der Waals surface area contributed by atoms with Gasteiger partial charge in [-0.25, -0.2) is 0 Å². The lowest BCUT2D eigenvalue weighted by atomic mass is 9.85. The molecular weight excluding hydrogens is 210 g/mol. The molecule has 2 heteroatoms. The minimum atomic E-state index is -0.218. The van der Waals surface area contributed by atoms with Crippen LogP contribution in [0.1, 0.15) is 43.6 Å². The fourth-order valence-corrected chi connectivity index (χ4v) is 2.65. The van der Waals surface area contributed by atoms with E-state index in [2.05, 4.69) is 6.07 Å². The summed E-state index contributed by atoms with van der Waals surface area (Å²) in [5.41, 5.74) is 0.992. The molecule has 0 bridgehead atoms. The van der Waals surface area contributed by atoms with Gasteiger partial charge in [0.05, 0.1) is 12.0 Å². The van der Waals surface area contributed by atoms with Gasteiger partial charge in [-0.05, 0) is 18.4 Å². The van der Waals surface area contributed by atoms with Crippen LogP contribution in [0.25, 0.3) is 0 Å². The second-order valence-corrected chi connectivity index (χ2v) is 4.71. The van der Waals surface area contributed by atoms with Crippen LogP contribution in [-0.2, 0) is 4.79 Å². The summed E-state index contributed by atoms with van der Waals surface area (Å²) in [4.78, 5) is 12.4. The van der Waals surface area contributed by atoms with Crippen molar-refractivity contribution < 1.29 is 4.79 Å². The van der Waals surface area contributed by atoms with Crippen LogP contribution < -0.4 is 0 Å². The second kappa shape index (κ2) is 5.63. The molecule has 1 aromatic carbocycles. The van der Waals surface area contributed by atoms with Crippen molar-refractivity contribution in [2.45, 2.75) is 38.0 Å². The molecule has 1 atom stereocenters. The number of hydrogen-bond donors (Lipinski definition) is 0. The van der Waals surface area contributed by atoms with Gasteiger partial charge >= 0.3 is 0 Å². The lowest BCUT2D eigenvalue weighted by molar-refractivity contribution is -0.124. The molecule has 0 radical (unpaired) electrons. The van der Waals surface area contributed by atoms with Gasteiger partial charge in [-0.2, -0.15) is 5.26 Å². The molecule has 1 aliphatic rings. The van der Waals surface area contributed by atoms with Crippen LogP contribution in [-0.4, -0.2) is 5.78 Å². The van der Waals surface area contributed by atoms with Gasteiger partial charge in [0.1, 0.15) is 5.78 Å². The van der Waals surface area contributed by atoms with Crippen LogP contribution >= 0.6 is 0 Å². The van der Waals surface area contributed by atoms with Gasteiger partial charge in [-0.3, -0.25) is 4.79 Å². The number of carbonyl (C=O) groups excluding carboxylic acids is 1. The van der Waals surface area contributed by atoms with Crippen molar-refractivity contribution >= 4 is 5.78 Å². The summed E-state index contributed by atoms with van der Waals surface area (Å²) in [6.45, 7) is 0. The van der Waals surface area contributed by atoms with Crippen molar-refractivity contribution in [3.63, 3.8) is 0 Å². The third-order valence-electron chi connectivity index (χ3n) is 3.60. The lowest BCUT2D eigenvalue weighted by Gasteiger charge is -2.17. The Morgan fingerprint density at radius 2 is 1.94 bits per heavy atom. The Hall–Kier alpha value is -1.62. The minimum absolute atomic E-state index is 0.188. The second-order valence-electron chi connectivity index (χ2n) is 4.71. The van der Waals surface area contributed by atoms with Crippen LogP contribution in [0.15, 0.2) is 30.3 Å². The molecule has 0 heterocycles. The predicted octanol–water partition coefficient (Wildman–Crippen LogP) is 3.44. The summed E-state index contributed by atoms with van der Waals surface area (Å²) in [6, 6.07) is 11.9. The predicted molar refractivity (Wildman–Crippen MR) is 66.4 cm³/mol. The molecule has 0 N–H and O–H groups in total. The quantitative estimate of drug-likeness (QED) is 0.790. The molecule has 0 aromatic heterocycles. The number of ketones is 1. The van der Waals surface area contributed by atoms with Gasteiger partial charge in [0.2, 0.25) is 0 Å². The van der Waals surface area contributed by atoms with Gasteiger partial charge in [0, 0.05) is 12.3 Å². The van der Waals surface area contributed by atoms with Crippen molar-refractivity contribution in [3.05, 3.63) is 35.9 Å². The van der Waals surface area contributed by atoms with Crippen LogP contribution in [0, 0.1) is 17.2 Å². The maximum atomic E-state index is 12.4. The van der Waals surface area contributed by atoms with Gasteiger partial charge in [-0.15, -0.1) is 0 Å². The van der Waals surface area contributed by atoms with E-state index >= 15 is 0 Å². The fourth-order valence-electron chi connectivity index (χ4n) is 2.65. The van der Waals surface area contributed by atoms with Gasteiger partial charge in [0.15, 0.2) is 0 Å². The molecule has 2 rings (SSSR count). The standard InChI is InChI=1S/C15H17NO/c16-11-10-14(12-6-2-1-3-7-12)15(17)13-8-4-5-9-13/h1-3,6-7,13-14H,4-5,8-10H2. The highest BCUT2D eigenvalue weighted by Crippen LogP contribution is 2.32. The normalized spacial score (nSPS) is 17.6. The average Bonchev–Trinajstić information content (AvgIpc) is 2.90. The summed E-state index contributed by atoms with van der Waals surface area (Å²) in [5, 5.41) is 8.89. The van der Waals surface area contributed by atoms with E-state index in [0.29, 0.717) is 6.42 Å². The Labute approximate surface area is 102 Å². The molecular formula is C15H17NO. The fraction of sp³-hybridized carbons (Fsp3) is 0.467. The number of benzene rings is 1. The van der Waals surface area contributed by atoms with Crippen molar-refractivity contribution in [2.75, 3.05) is 0 Å². The zero-order chi connectivity index (χ0) is 12.1. The largest absolute Gasteiger partial charge is 0.299 e. The topological polar surface area (TPSA) is 40.9 Å². The number of nitrogens with zero attached hydrogens (tertiary/aromatic N) is 1. The highest BCUT2D eigenvalue weighted by Gasteiger charge is 2.29. The summed E-state index contributed by atoms with van der Waals surface area (Å²) < 4.78 is 0. The van der Waals surface area contributed by atoms with E-state index in [-0.39, 0.29) is 17.6 Å². The van der Waals surface area contributed by atoms with Gasteiger partial charge in [0.25, 0.3) is 0 Å². The SMILES string of the molecule is N#CCC(C(=O)C1CCCC1)c1ccccc1. The maximum absolute atomic E-state index is 12.4. The summed E-state index contributed by atoms with van der Waals surface area (Å²) in [5.74, 6) is 0.244. The zero-order valence-corrected chi connectivity index (χ0v) is 9.93. The van der Waals surface area contributed by atoms with E-state index in [0.717, 1.165) is 31.2 Å². The van der Waals surface area contributed by atoms with Crippen LogP contribution in [0.4, 0.5) is 0 Å². The molecule has 0 saturated heterocycles. The van der Waals surface area contributed by atoms with E-state index in [1.165, 1.54) is 0 Å². The molecule has 2 nitrogen and oxygen atoms in total. The van der Waals surface area contributed by atoms with E-state index in [1.807, 2.05) is 30.3 Å². The molecule has 1 aliphatic carbocycles. The molecule has 1 fully saturated rings. The lowest BCUT2D eigenvalue weighted by Crippen LogP contribution is -2.20. The summed E-state index contributed by atoms with van der Waals surface area (Å²) in [7, 11) is 0. The third kappa shape index (κ3) is 2.74. The molecule has 0 spiro atoms. The van der Waals surface area contributed by atoms with Gasteiger partial charge < -0.3 is 0 Å². The molecule has 1 saturated carbocycles. The van der Waals surface area contributed by atoms with E-state index in [4.69, 9.17) is 5.26 Å². The van der Waals surface area contributed by atoms with E-state index in [1.54, 1.807) is 0 Å². The maximum Gasteiger partial charge on any atom is 0.144 e. The van der Waals surface area contributed by atoms with E-state index < -0.39 is 0 Å². The Morgan fingerprint density at radius 3 is 2.53 bits per heavy atom. The third-order valence-corrected chi connectivity index (χ3v) is 3.60. The first-order valence-electron chi connectivity index (χ1n) is 6.28. The van der Waals surface area contributed by atoms with E-state index in [9.17, 15) is 4.79 Å². The molecule has 1 aromatic rings. The Bertz CT molecular complexity index is 412. The minimum Gasteiger partial charge on any atom is -0.299 e. The number of nitriles is 1. The summed E-state index contributed by atoms with van der Waals surface area (Å²) >= 11 is 0.